The minimum atomic E-state index is -0.245. The van der Waals surface area contributed by atoms with Gasteiger partial charge in [-0.3, -0.25) is 0 Å². The fraction of sp³-hybridized carbons (Fsp3) is 0.368. The first-order valence-electron chi connectivity index (χ1n) is 7.51. The molecular weight excluding hydrogens is 260 g/mol. The Kier molecular flexibility index (Phi) is 5.40. The molecule has 0 aliphatic rings. The van der Waals surface area contributed by atoms with Crippen LogP contribution in [0.5, 0.6) is 5.75 Å². The molecule has 0 bridgehead atoms. The molecule has 0 aromatic heterocycles. The topological polar surface area (TPSA) is 29.5 Å². The molecular formula is C19H24O2. The third kappa shape index (κ3) is 4.61. The van der Waals surface area contributed by atoms with E-state index < -0.39 is 0 Å². The molecule has 2 nitrogen and oxygen atoms in total. The number of rotatable bonds is 6. The van der Waals surface area contributed by atoms with Gasteiger partial charge in [-0.15, -0.1) is 0 Å². The van der Waals surface area contributed by atoms with Crippen molar-refractivity contribution in [3.8, 4) is 5.75 Å². The molecule has 2 aromatic carbocycles. The van der Waals surface area contributed by atoms with Crippen LogP contribution in [-0.2, 0) is 13.0 Å². The van der Waals surface area contributed by atoms with Crippen LogP contribution < -0.4 is 4.74 Å². The van der Waals surface area contributed by atoms with Gasteiger partial charge in [0.25, 0.3) is 0 Å². The second-order valence-electron chi connectivity index (χ2n) is 5.69. The fourth-order valence-corrected chi connectivity index (χ4v) is 2.36. The fourth-order valence-electron chi connectivity index (χ4n) is 2.36. The number of ether oxygens (including phenoxy) is 1. The summed E-state index contributed by atoms with van der Waals surface area (Å²) < 4.78 is 5.88. The van der Waals surface area contributed by atoms with Crippen molar-refractivity contribution >= 4 is 0 Å². The summed E-state index contributed by atoms with van der Waals surface area (Å²) in [7, 11) is 0. The number of benzene rings is 2. The van der Waals surface area contributed by atoms with Crippen molar-refractivity contribution in [1.82, 2.24) is 0 Å². The molecule has 2 heteroatoms. The van der Waals surface area contributed by atoms with E-state index in [0.717, 1.165) is 18.6 Å². The van der Waals surface area contributed by atoms with E-state index in [2.05, 4.69) is 44.2 Å². The van der Waals surface area contributed by atoms with Crippen LogP contribution >= 0.6 is 0 Å². The molecule has 112 valence electrons. The number of aryl methyl sites for hydroxylation is 3. The van der Waals surface area contributed by atoms with Crippen molar-refractivity contribution < 1.29 is 9.84 Å². The average Bonchev–Trinajstić information content (AvgIpc) is 2.46. The Balaban J connectivity index is 1.95. The number of hydrogen-bond donors (Lipinski definition) is 1. The van der Waals surface area contributed by atoms with E-state index in [4.69, 9.17) is 4.74 Å². The van der Waals surface area contributed by atoms with E-state index >= 15 is 0 Å². The lowest BCUT2D eigenvalue weighted by molar-refractivity contribution is 0.185. The van der Waals surface area contributed by atoms with Crippen molar-refractivity contribution in [2.24, 2.45) is 0 Å². The van der Waals surface area contributed by atoms with Crippen LogP contribution in [0.2, 0.25) is 0 Å². The first-order chi connectivity index (χ1) is 10.1. The maximum Gasteiger partial charge on any atom is 0.119 e. The van der Waals surface area contributed by atoms with Crippen molar-refractivity contribution in [2.45, 2.75) is 46.3 Å². The van der Waals surface area contributed by atoms with Gasteiger partial charge in [-0.25, -0.2) is 0 Å². The Bertz CT molecular complexity index is 550. The Morgan fingerprint density at radius 1 is 1.00 bits per heavy atom. The summed E-state index contributed by atoms with van der Waals surface area (Å²) in [6.07, 6.45) is 1.45. The number of hydrogen-bond acceptors (Lipinski definition) is 2. The molecule has 0 fully saturated rings. The second-order valence-corrected chi connectivity index (χ2v) is 5.69. The maximum atomic E-state index is 9.31. The zero-order valence-corrected chi connectivity index (χ0v) is 13.1. The summed E-state index contributed by atoms with van der Waals surface area (Å²) >= 11 is 0. The van der Waals surface area contributed by atoms with Crippen molar-refractivity contribution in [3.05, 3.63) is 64.7 Å². The zero-order chi connectivity index (χ0) is 15.2. The summed E-state index contributed by atoms with van der Waals surface area (Å²) in [5, 5.41) is 9.31. The monoisotopic (exact) mass is 284 g/mol. The van der Waals surface area contributed by atoms with Crippen molar-refractivity contribution in [2.75, 3.05) is 0 Å². The van der Waals surface area contributed by atoms with Crippen LogP contribution in [-0.4, -0.2) is 11.2 Å². The Morgan fingerprint density at radius 3 is 2.19 bits per heavy atom. The predicted octanol–water partition coefficient (Wildman–Crippen LogP) is 4.20. The van der Waals surface area contributed by atoms with E-state index in [0.29, 0.717) is 6.61 Å². The summed E-state index contributed by atoms with van der Waals surface area (Å²) in [5.41, 5.74) is 5.03. The average molecular weight is 284 g/mol. The van der Waals surface area contributed by atoms with Crippen molar-refractivity contribution in [3.63, 3.8) is 0 Å². The van der Waals surface area contributed by atoms with Gasteiger partial charge >= 0.3 is 0 Å². The summed E-state index contributed by atoms with van der Waals surface area (Å²) in [5.74, 6) is 0.887. The van der Waals surface area contributed by atoms with Crippen molar-refractivity contribution in [1.29, 1.82) is 0 Å². The maximum absolute atomic E-state index is 9.31. The van der Waals surface area contributed by atoms with E-state index in [1.165, 1.54) is 22.3 Å². The van der Waals surface area contributed by atoms with Gasteiger partial charge in [0.1, 0.15) is 12.4 Å². The van der Waals surface area contributed by atoms with Crippen LogP contribution in [0.1, 0.15) is 35.6 Å². The van der Waals surface area contributed by atoms with E-state index in [-0.39, 0.29) is 6.10 Å². The Hall–Kier alpha value is -1.80. The summed E-state index contributed by atoms with van der Waals surface area (Å²) in [4.78, 5) is 0. The SMILES string of the molecule is Cc1cccc(C)c1COc1ccc(CCC(C)O)cc1. The smallest absolute Gasteiger partial charge is 0.119 e. The van der Waals surface area contributed by atoms with Gasteiger partial charge in [0.05, 0.1) is 6.10 Å². The van der Waals surface area contributed by atoms with Gasteiger partial charge in [0.15, 0.2) is 0 Å². The van der Waals surface area contributed by atoms with E-state index in [1.807, 2.05) is 19.1 Å². The van der Waals surface area contributed by atoms with Gasteiger partial charge in [-0.1, -0.05) is 30.3 Å². The predicted molar refractivity (Wildman–Crippen MR) is 86.7 cm³/mol. The van der Waals surface area contributed by atoms with Crippen LogP contribution in [0.4, 0.5) is 0 Å². The molecule has 1 N–H and O–H groups in total. The molecule has 0 saturated heterocycles. The summed E-state index contributed by atoms with van der Waals surface area (Å²) in [6, 6.07) is 14.5. The van der Waals surface area contributed by atoms with Gasteiger partial charge in [-0.05, 0) is 68.0 Å². The third-order valence-corrected chi connectivity index (χ3v) is 3.80. The first-order valence-corrected chi connectivity index (χ1v) is 7.51. The van der Waals surface area contributed by atoms with Gasteiger partial charge in [-0.2, -0.15) is 0 Å². The molecule has 1 unspecified atom stereocenters. The molecule has 0 spiro atoms. The molecule has 1 atom stereocenters. The van der Waals surface area contributed by atoms with Gasteiger partial charge < -0.3 is 9.84 Å². The summed E-state index contributed by atoms with van der Waals surface area (Å²) in [6.45, 7) is 6.66. The van der Waals surface area contributed by atoms with Crippen LogP contribution in [0, 0.1) is 13.8 Å². The number of aliphatic hydroxyl groups is 1. The normalized spacial score (nSPS) is 12.2. The van der Waals surface area contributed by atoms with E-state index in [9.17, 15) is 5.11 Å². The molecule has 0 radical (unpaired) electrons. The quantitative estimate of drug-likeness (QED) is 0.861. The lowest BCUT2D eigenvalue weighted by atomic mass is 10.0. The minimum Gasteiger partial charge on any atom is -0.489 e. The highest BCUT2D eigenvalue weighted by Crippen LogP contribution is 2.19. The molecule has 0 aliphatic carbocycles. The molecule has 2 aromatic rings. The zero-order valence-electron chi connectivity index (χ0n) is 13.1. The number of aliphatic hydroxyl groups excluding tert-OH is 1. The van der Waals surface area contributed by atoms with Gasteiger partial charge in [0.2, 0.25) is 0 Å². The first kappa shape index (κ1) is 15.6. The highest BCUT2D eigenvalue weighted by molar-refractivity contribution is 5.34. The highest BCUT2D eigenvalue weighted by atomic mass is 16.5. The lowest BCUT2D eigenvalue weighted by Gasteiger charge is -2.12. The second kappa shape index (κ2) is 7.28. The third-order valence-electron chi connectivity index (χ3n) is 3.80. The Labute approximate surface area is 127 Å². The molecule has 0 aliphatic heterocycles. The van der Waals surface area contributed by atoms with Crippen LogP contribution in [0.15, 0.2) is 42.5 Å². The molecule has 0 heterocycles. The molecule has 0 saturated carbocycles. The molecule has 0 amide bonds. The standard InChI is InChI=1S/C19H24O2/c1-14-5-4-6-15(2)19(14)13-21-18-11-9-17(10-12-18)8-7-16(3)20/h4-6,9-12,16,20H,7-8,13H2,1-3H3. The van der Waals surface area contributed by atoms with E-state index in [1.54, 1.807) is 0 Å². The molecule has 21 heavy (non-hydrogen) atoms. The highest BCUT2D eigenvalue weighted by Gasteiger charge is 2.04. The molecule has 2 rings (SSSR count). The van der Waals surface area contributed by atoms with Crippen LogP contribution in [0.25, 0.3) is 0 Å². The Morgan fingerprint density at radius 2 is 1.62 bits per heavy atom. The largest absolute Gasteiger partial charge is 0.489 e. The lowest BCUT2D eigenvalue weighted by Crippen LogP contribution is -2.02. The minimum absolute atomic E-state index is 0.245. The van der Waals surface area contributed by atoms with Crippen LogP contribution in [0.3, 0.4) is 0 Å². The van der Waals surface area contributed by atoms with Gasteiger partial charge in [0, 0.05) is 0 Å².